The van der Waals surface area contributed by atoms with E-state index >= 15 is 0 Å². The molecule has 0 N–H and O–H groups in total. The maximum absolute atomic E-state index is 5.53. The van der Waals surface area contributed by atoms with Gasteiger partial charge < -0.3 is 14.5 Å². The second-order valence-electron chi connectivity index (χ2n) is 6.99. The third kappa shape index (κ3) is 3.42. The molecule has 1 aliphatic rings. The van der Waals surface area contributed by atoms with Crippen LogP contribution in [0.2, 0.25) is 0 Å². The number of ether oxygens (including phenoxy) is 1. The highest BCUT2D eigenvalue weighted by atomic mass is 32.1. The molecule has 0 amide bonds. The van der Waals surface area contributed by atoms with Gasteiger partial charge in [-0.3, -0.25) is 0 Å². The zero-order valence-corrected chi connectivity index (χ0v) is 18.0. The fourth-order valence-electron chi connectivity index (χ4n) is 3.67. The smallest absolute Gasteiger partial charge is 0.208 e. The van der Waals surface area contributed by atoms with Crippen molar-refractivity contribution in [2.75, 3.05) is 43.1 Å². The average Bonchev–Trinajstić information content (AvgIpc) is 3.45. The number of rotatable bonds is 4. The molecular weight excluding hydrogens is 402 g/mol. The summed E-state index contributed by atoms with van der Waals surface area (Å²) in [5.41, 5.74) is 2.15. The van der Waals surface area contributed by atoms with Crippen LogP contribution >= 0.6 is 22.7 Å². The molecule has 148 valence electrons. The van der Waals surface area contributed by atoms with Gasteiger partial charge >= 0.3 is 0 Å². The first kappa shape index (κ1) is 18.3. The van der Waals surface area contributed by atoms with Crippen LogP contribution in [0.15, 0.2) is 41.8 Å². The molecule has 1 saturated heterocycles. The Labute approximate surface area is 177 Å². The number of pyridine rings is 1. The minimum absolute atomic E-state index is 0.820. The lowest BCUT2D eigenvalue weighted by molar-refractivity contribution is 0.419. The zero-order valence-electron chi connectivity index (χ0n) is 16.3. The van der Waals surface area contributed by atoms with E-state index in [-0.39, 0.29) is 0 Å². The maximum atomic E-state index is 5.53. The molecule has 4 heterocycles. The minimum atomic E-state index is 0.820. The van der Waals surface area contributed by atoms with Crippen molar-refractivity contribution in [2.24, 2.45) is 0 Å². The second kappa shape index (κ2) is 7.61. The van der Waals surface area contributed by atoms with E-state index in [0.717, 1.165) is 58.8 Å². The number of hydrogen-bond acceptors (Lipinski definition) is 8. The van der Waals surface area contributed by atoms with E-state index in [2.05, 4.69) is 50.5 Å². The summed E-state index contributed by atoms with van der Waals surface area (Å²) in [5.74, 6) is 1.83. The summed E-state index contributed by atoms with van der Waals surface area (Å²) in [6.45, 7) is 5.76. The standard InChI is InChI=1S/C21H21N5OS2/c1-14-13-18(22-19-15(14)5-3-6-16(19)27-2)25-8-10-26(11-9-25)21-24-23-20(29-21)17-7-4-12-28-17/h3-7,12-13H,8-11H2,1-2H3. The number of nitrogens with zero attached hydrogens (tertiary/aromatic N) is 5. The first-order chi connectivity index (χ1) is 14.2. The number of hydrogen-bond donors (Lipinski definition) is 0. The van der Waals surface area contributed by atoms with Crippen LogP contribution < -0.4 is 14.5 Å². The van der Waals surface area contributed by atoms with Crippen molar-refractivity contribution in [3.05, 3.63) is 47.3 Å². The largest absolute Gasteiger partial charge is 0.494 e. The predicted octanol–water partition coefficient (Wildman–Crippen LogP) is 4.46. The molecule has 5 rings (SSSR count). The maximum Gasteiger partial charge on any atom is 0.208 e. The van der Waals surface area contributed by atoms with Crippen LogP contribution in [0, 0.1) is 6.92 Å². The molecule has 0 aliphatic carbocycles. The Hall–Kier alpha value is -2.71. The fourth-order valence-corrected chi connectivity index (χ4v) is 5.36. The van der Waals surface area contributed by atoms with Gasteiger partial charge in [0.2, 0.25) is 5.13 Å². The summed E-state index contributed by atoms with van der Waals surface area (Å²) in [5, 5.41) is 14.0. The molecule has 6 nitrogen and oxygen atoms in total. The van der Waals surface area contributed by atoms with Gasteiger partial charge in [-0.15, -0.1) is 21.5 Å². The normalized spacial score (nSPS) is 14.6. The van der Waals surface area contributed by atoms with Crippen LogP contribution in [0.1, 0.15) is 5.56 Å². The van der Waals surface area contributed by atoms with Crippen LogP contribution in [0.4, 0.5) is 10.9 Å². The number of anilines is 2. The molecule has 1 aliphatic heterocycles. The van der Waals surface area contributed by atoms with Crippen molar-refractivity contribution < 1.29 is 4.74 Å². The summed E-state index contributed by atoms with van der Waals surface area (Å²) in [4.78, 5) is 10.8. The van der Waals surface area contributed by atoms with Crippen molar-refractivity contribution in [2.45, 2.75) is 6.92 Å². The van der Waals surface area contributed by atoms with Crippen molar-refractivity contribution >= 4 is 44.5 Å². The van der Waals surface area contributed by atoms with Gasteiger partial charge in [0, 0.05) is 31.6 Å². The van der Waals surface area contributed by atoms with Crippen LogP contribution in [0.5, 0.6) is 5.75 Å². The highest BCUT2D eigenvalue weighted by Crippen LogP contribution is 2.33. The molecule has 0 radical (unpaired) electrons. The summed E-state index contributed by atoms with van der Waals surface area (Å²) >= 11 is 3.37. The quantitative estimate of drug-likeness (QED) is 0.483. The summed E-state index contributed by atoms with van der Waals surface area (Å²) in [6, 6.07) is 12.4. The molecule has 0 atom stereocenters. The number of benzene rings is 1. The topological polar surface area (TPSA) is 54.4 Å². The van der Waals surface area contributed by atoms with Crippen molar-refractivity contribution in [1.29, 1.82) is 0 Å². The van der Waals surface area contributed by atoms with Gasteiger partial charge in [-0.1, -0.05) is 29.5 Å². The van der Waals surface area contributed by atoms with Crippen molar-refractivity contribution in [3.8, 4) is 15.6 Å². The summed E-state index contributed by atoms with van der Waals surface area (Å²) < 4.78 is 5.53. The van der Waals surface area contributed by atoms with E-state index in [1.165, 1.54) is 10.4 Å². The third-order valence-electron chi connectivity index (χ3n) is 5.24. The van der Waals surface area contributed by atoms with E-state index < -0.39 is 0 Å². The van der Waals surface area contributed by atoms with E-state index in [9.17, 15) is 0 Å². The number of aromatic nitrogens is 3. The molecule has 1 fully saturated rings. The minimum Gasteiger partial charge on any atom is -0.494 e. The molecule has 0 unspecified atom stereocenters. The Bertz CT molecular complexity index is 1130. The summed E-state index contributed by atoms with van der Waals surface area (Å²) in [6.07, 6.45) is 0. The van der Waals surface area contributed by atoms with Gasteiger partial charge in [0.15, 0.2) is 5.01 Å². The molecular formula is C21H21N5OS2. The van der Waals surface area contributed by atoms with Crippen LogP contribution in [0.25, 0.3) is 20.8 Å². The monoisotopic (exact) mass is 423 g/mol. The predicted molar refractivity (Wildman–Crippen MR) is 121 cm³/mol. The lowest BCUT2D eigenvalue weighted by Crippen LogP contribution is -2.46. The molecule has 0 spiro atoms. The Morgan fingerprint density at radius 3 is 2.59 bits per heavy atom. The van der Waals surface area contributed by atoms with E-state index in [0.29, 0.717) is 0 Å². The Morgan fingerprint density at radius 2 is 1.83 bits per heavy atom. The molecule has 29 heavy (non-hydrogen) atoms. The fraction of sp³-hybridized carbons (Fsp3) is 0.286. The third-order valence-corrected chi connectivity index (χ3v) is 7.26. The first-order valence-electron chi connectivity index (χ1n) is 9.54. The first-order valence-corrected chi connectivity index (χ1v) is 11.2. The van der Waals surface area contributed by atoms with Crippen LogP contribution in [-0.4, -0.2) is 48.5 Å². The van der Waals surface area contributed by atoms with Gasteiger partial charge in [0.25, 0.3) is 0 Å². The Morgan fingerprint density at radius 1 is 1.00 bits per heavy atom. The van der Waals surface area contributed by atoms with Gasteiger partial charge in [-0.25, -0.2) is 4.98 Å². The van der Waals surface area contributed by atoms with E-state index in [4.69, 9.17) is 9.72 Å². The van der Waals surface area contributed by atoms with Gasteiger partial charge in [-0.05, 0) is 36.1 Å². The lowest BCUT2D eigenvalue weighted by Gasteiger charge is -2.35. The van der Waals surface area contributed by atoms with Gasteiger partial charge in [0.05, 0.1) is 12.0 Å². The molecule has 0 bridgehead atoms. The van der Waals surface area contributed by atoms with E-state index in [1.807, 2.05) is 18.2 Å². The van der Waals surface area contributed by atoms with Gasteiger partial charge in [0.1, 0.15) is 17.1 Å². The number of thiophene rings is 1. The lowest BCUT2D eigenvalue weighted by atomic mass is 10.1. The Kier molecular flexibility index (Phi) is 4.81. The SMILES string of the molecule is COc1cccc2c(C)cc(N3CCN(c4nnc(-c5cccs5)s4)CC3)nc12. The van der Waals surface area contributed by atoms with Crippen LogP contribution in [-0.2, 0) is 0 Å². The molecule has 4 aromatic rings. The van der Waals surface area contributed by atoms with Gasteiger partial charge in [-0.2, -0.15) is 0 Å². The van der Waals surface area contributed by atoms with Crippen molar-refractivity contribution in [3.63, 3.8) is 0 Å². The average molecular weight is 424 g/mol. The molecule has 8 heteroatoms. The number of piperazine rings is 1. The molecule has 1 aromatic carbocycles. The van der Waals surface area contributed by atoms with E-state index in [1.54, 1.807) is 29.8 Å². The number of aryl methyl sites for hydroxylation is 1. The molecule has 3 aromatic heterocycles. The number of methoxy groups -OCH3 is 1. The van der Waals surface area contributed by atoms with Crippen LogP contribution in [0.3, 0.4) is 0 Å². The van der Waals surface area contributed by atoms with Crippen molar-refractivity contribution in [1.82, 2.24) is 15.2 Å². The molecule has 0 saturated carbocycles. The summed E-state index contributed by atoms with van der Waals surface area (Å²) in [7, 11) is 1.70. The number of fused-ring (bicyclic) bond motifs is 1. The highest BCUT2D eigenvalue weighted by Gasteiger charge is 2.22. The zero-order chi connectivity index (χ0) is 19.8. The second-order valence-corrected chi connectivity index (χ2v) is 8.90. The highest BCUT2D eigenvalue weighted by molar-refractivity contribution is 7.22. The number of para-hydroxylation sites is 1. The Balaban J connectivity index is 1.34.